The molecule has 0 fully saturated rings. The maximum atomic E-state index is 13.1. The summed E-state index contributed by atoms with van der Waals surface area (Å²) in [5, 5.41) is 22.7. The second kappa shape index (κ2) is 9.35. The lowest BCUT2D eigenvalue weighted by Gasteiger charge is -2.09. The predicted molar refractivity (Wildman–Crippen MR) is 127 cm³/mol. The van der Waals surface area contributed by atoms with Crippen molar-refractivity contribution in [2.75, 3.05) is 5.32 Å². The number of hydrogen-bond donors (Lipinski definition) is 1. The highest BCUT2D eigenvalue weighted by molar-refractivity contribution is 5.94. The lowest BCUT2D eigenvalue weighted by Crippen LogP contribution is -2.17. The second-order valence-corrected chi connectivity index (χ2v) is 7.53. The number of nitrogens with zero attached hydrogens (tertiary/aromatic N) is 7. The van der Waals surface area contributed by atoms with Gasteiger partial charge in [-0.25, -0.2) is 19.3 Å². The average Bonchev–Trinajstić information content (AvgIpc) is 3.56. The van der Waals surface area contributed by atoms with Crippen molar-refractivity contribution in [2.24, 2.45) is 0 Å². The van der Waals surface area contributed by atoms with Gasteiger partial charge in [-0.05, 0) is 36.4 Å². The van der Waals surface area contributed by atoms with E-state index in [1.807, 2.05) is 30.3 Å². The number of carbonyl (C=O) groups excluding carboxylic acids is 1. The Hall–Kier alpha value is -5.19. The van der Waals surface area contributed by atoms with Crippen LogP contribution in [0.15, 0.2) is 91.8 Å². The molecule has 1 N–H and O–H groups in total. The summed E-state index contributed by atoms with van der Waals surface area (Å²) in [7, 11) is 0. The van der Waals surface area contributed by atoms with E-state index in [1.165, 1.54) is 29.5 Å². The molecule has 11 nitrogen and oxygen atoms in total. The van der Waals surface area contributed by atoms with Gasteiger partial charge in [0.05, 0.1) is 28.4 Å². The van der Waals surface area contributed by atoms with Crippen molar-refractivity contribution in [3.63, 3.8) is 0 Å². The minimum absolute atomic E-state index is 0.0187. The molecule has 3 heterocycles. The molecule has 0 unspecified atom stereocenters. The van der Waals surface area contributed by atoms with Crippen molar-refractivity contribution in [1.29, 1.82) is 0 Å². The summed E-state index contributed by atoms with van der Waals surface area (Å²) in [5.74, 6) is 0.157. The first kappa shape index (κ1) is 21.6. The number of non-ortho nitro benzene ring substituents is 1. The Labute approximate surface area is 198 Å². The quantitative estimate of drug-likeness (QED) is 0.286. The SMILES string of the molecule is O=C(Cc1cn(-c2ccccc2)nc1-c1ccc([N+](=O)[O-])cc1)Nc1cccnc1-n1cncn1. The van der Waals surface area contributed by atoms with E-state index in [2.05, 4.69) is 25.5 Å². The third-order valence-corrected chi connectivity index (χ3v) is 5.21. The Morgan fingerprint density at radius 1 is 1.00 bits per heavy atom. The third-order valence-electron chi connectivity index (χ3n) is 5.21. The van der Waals surface area contributed by atoms with Crippen LogP contribution in [0.5, 0.6) is 0 Å². The first-order valence-corrected chi connectivity index (χ1v) is 10.6. The fraction of sp³-hybridized carbons (Fsp3) is 0.0417. The van der Waals surface area contributed by atoms with E-state index in [0.29, 0.717) is 28.3 Å². The Morgan fingerprint density at radius 3 is 2.51 bits per heavy atom. The minimum Gasteiger partial charge on any atom is -0.323 e. The fourth-order valence-electron chi connectivity index (χ4n) is 3.60. The van der Waals surface area contributed by atoms with Crippen molar-refractivity contribution in [1.82, 2.24) is 29.5 Å². The molecular weight excluding hydrogens is 448 g/mol. The summed E-state index contributed by atoms with van der Waals surface area (Å²) in [5.41, 5.74) is 3.16. The topological polar surface area (TPSA) is 134 Å². The molecule has 5 aromatic rings. The van der Waals surface area contributed by atoms with Crippen LogP contribution in [0.3, 0.4) is 0 Å². The molecule has 0 atom stereocenters. The summed E-state index contributed by atoms with van der Waals surface area (Å²) in [6, 6.07) is 19.0. The molecule has 5 rings (SSSR count). The zero-order valence-corrected chi connectivity index (χ0v) is 18.2. The number of carbonyl (C=O) groups is 1. The highest BCUT2D eigenvalue weighted by Crippen LogP contribution is 2.27. The van der Waals surface area contributed by atoms with Crippen molar-refractivity contribution in [3.8, 4) is 22.8 Å². The van der Waals surface area contributed by atoms with Gasteiger partial charge >= 0.3 is 0 Å². The molecule has 0 saturated carbocycles. The number of nitro benzene ring substituents is 1. The first-order valence-electron chi connectivity index (χ1n) is 10.6. The number of anilines is 1. The van der Waals surface area contributed by atoms with Gasteiger partial charge in [-0.1, -0.05) is 18.2 Å². The third kappa shape index (κ3) is 4.64. The number of rotatable bonds is 7. The molecule has 1 amide bonds. The lowest BCUT2D eigenvalue weighted by molar-refractivity contribution is -0.384. The Bertz CT molecular complexity index is 1480. The average molecular weight is 466 g/mol. The summed E-state index contributed by atoms with van der Waals surface area (Å²) in [4.78, 5) is 31.9. The summed E-state index contributed by atoms with van der Waals surface area (Å²) in [6.45, 7) is 0. The normalized spacial score (nSPS) is 10.7. The highest BCUT2D eigenvalue weighted by Gasteiger charge is 2.18. The Kier molecular flexibility index (Phi) is 5.78. The first-order chi connectivity index (χ1) is 17.1. The van der Waals surface area contributed by atoms with Crippen LogP contribution in [0.4, 0.5) is 11.4 Å². The maximum absolute atomic E-state index is 13.1. The zero-order chi connectivity index (χ0) is 24.2. The van der Waals surface area contributed by atoms with Crippen LogP contribution in [-0.2, 0) is 11.2 Å². The number of para-hydroxylation sites is 1. The number of nitrogens with one attached hydrogen (secondary N) is 1. The molecule has 0 saturated heterocycles. The minimum atomic E-state index is -0.457. The van der Waals surface area contributed by atoms with Crippen molar-refractivity contribution in [3.05, 3.63) is 107 Å². The van der Waals surface area contributed by atoms with Gasteiger partial charge in [0.2, 0.25) is 5.91 Å². The number of nitro groups is 1. The number of amides is 1. The molecule has 35 heavy (non-hydrogen) atoms. The maximum Gasteiger partial charge on any atom is 0.269 e. The number of benzene rings is 2. The van der Waals surface area contributed by atoms with Gasteiger partial charge in [0.15, 0.2) is 5.82 Å². The van der Waals surface area contributed by atoms with Gasteiger partial charge in [-0.2, -0.15) is 10.2 Å². The fourth-order valence-corrected chi connectivity index (χ4v) is 3.60. The largest absolute Gasteiger partial charge is 0.323 e. The van der Waals surface area contributed by atoms with Crippen molar-refractivity contribution in [2.45, 2.75) is 6.42 Å². The van der Waals surface area contributed by atoms with E-state index in [1.54, 1.807) is 41.3 Å². The summed E-state index contributed by atoms with van der Waals surface area (Å²) in [6.07, 6.45) is 6.28. The second-order valence-electron chi connectivity index (χ2n) is 7.53. The van der Waals surface area contributed by atoms with E-state index in [0.717, 1.165) is 5.69 Å². The van der Waals surface area contributed by atoms with Crippen LogP contribution < -0.4 is 5.32 Å². The molecule has 0 radical (unpaired) electrons. The van der Waals surface area contributed by atoms with Crippen molar-refractivity contribution < 1.29 is 9.72 Å². The van der Waals surface area contributed by atoms with Gasteiger partial charge in [-0.15, -0.1) is 0 Å². The van der Waals surface area contributed by atoms with E-state index in [4.69, 9.17) is 0 Å². The van der Waals surface area contributed by atoms with Crippen LogP contribution in [0, 0.1) is 10.1 Å². The van der Waals surface area contributed by atoms with Gasteiger partial charge in [-0.3, -0.25) is 14.9 Å². The van der Waals surface area contributed by atoms with Gasteiger partial charge in [0, 0.05) is 35.7 Å². The van der Waals surface area contributed by atoms with Gasteiger partial charge in [0.1, 0.15) is 12.7 Å². The van der Waals surface area contributed by atoms with E-state index >= 15 is 0 Å². The van der Waals surface area contributed by atoms with Crippen LogP contribution in [-0.4, -0.2) is 40.4 Å². The molecule has 0 aliphatic rings. The Morgan fingerprint density at radius 2 is 1.80 bits per heavy atom. The van der Waals surface area contributed by atoms with Crippen LogP contribution in [0.2, 0.25) is 0 Å². The number of pyridine rings is 1. The van der Waals surface area contributed by atoms with E-state index < -0.39 is 4.92 Å². The van der Waals surface area contributed by atoms with Gasteiger partial charge < -0.3 is 5.32 Å². The molecule has 0 aliphatic carbocycles. The Balaban J connectivity index is 1.46. The van der Waals surface area contributed by atoms with Crippen LogP contribution >= 0.6 is 0 Å². The standard InChI is InChI=1S/C24H18N8O3/c33-22(28-21-7-4-12-26-24(21)31-16-25-15-27-31)13-18-14-30(19-5-2-1-3-6-19)29-23(18)17-8-10-20(11-9-17)32(34)35/h1-12,14-16H,13H2,(H,28,33). The van der Waals surface area contributed by atoms with Crippen LogP contribution in [0.25, 0.3) is 22.8 Å². The smallest absolute Gasteiger partial charge is 0.269 e. The number of aromatic nitrogens is 6. The number of hydrogen-bond acceptors (Lipinski definition) is 7. The van der Waals surface area contributed by atoms with Gasteiger partial charge in [0.25, 0.3) is 5.69 Å². The molecule has 2 aromatic carbocycles. The molecule has 172 valence electrons. The molecule has 0 aliphatic heterocycles. The lowest BCUT2D eigenvalue weighted by atomic mass is 10.1. The van der Waals surface area contributed by atoms with E-state index in [9.17, 15) is 14.9 Å². The predicted octanol–water partition coefficient (Wildman–Crippen LogP) is 3.60. The summed E-state index contributed by atoms with van der Waals surface area (Å²) >= 11 is 0. The van der Waals surface area contributed by atoms with Crippen molar-refractivity contribution >= 4 is 17.3 Å². The molecule has 0 spiro atoms. The monoisotopic (exact) mass is 466 g/mol. The highest BCUT2D eigenvalue weighted by atomic mass is 16.6. The molecular formula is C24H18N8O3. The zero-order valence-electron chi connectivity index (χ0n) is 18.2. The molecule has 3 aromatic heterocycles. The van der Waals surface area contributed by atoms with E-state index in [-0.39, 0.29) is 18.0 Å². The molecule has 11 heteroatoms. The molecule has 0 bridgehead atoms. The summed E-state index contributed by atoms with van der Waals surface area (Å²) < 4.78 is 3.15. The van der Waals surface area contributed by atoms with Crippen LogP contribution in [0.1, 0.15) is 5.56 Å².